The minimum Gasteiger partial charge on any atom is -0.383 e. The fourth-order valence-corrected chi connectivity index (χ4v) is 3.33. The summed E-state index contributed by atoms with van der Waals surface area (Å²) in [6.45, 7) is 0.804. The number of hydrogen-bond donors (Lipinski definition) is 2. The number of hydrogen-bond acceptors (Lipinski definition) is 5. The lowest BCUT2D eigenvalue weighted by Crippen LogP contribution is -2.27. The largest absolute Gasteiger partial charge is 0.383 e. The van der Waals surface area contributed by atoms with Gasteiger partial charge in [-0.05, 0) is 35.9 Å². The summed E-state index contributed by atoms with van der Waals surface area (Å²) >= 11 is 7.62. The van der Waals surface area contributed by atoms with Crippen molar-refractivity contribution < 1.29 is 14.3 Å². The monoisotopic (exact) mass is 417 g/mol. The van der Waals surface area contributed by atoms with Gasteiger partial charge in [-0.2, -0.15) is 5.26 Å². The van der Waals surface area contributed by atoms with Gasteiger partial charge < -0.3 is 15.4 Å². The van der Waals surface area contributed by atoms with E-state index in [1.54, 1.807) is 37.4 Å². The van der Waals surface area contributed by atoms with Gasteiger partial charge in [-0.25, -0.2) is 0 Å². The fraction of sp³-hybridized carbons (Fsp3) is 0.250. The van der Waals surface area contributed by atoms with Crippen LogP contribution in [-0.4, -0.2) is 37.8 Å². The predicted molar refractivity (Wildman–Crippen MR) is 112 cm³/mol. The first kappa shape index (κ1) is 21.8. The third-order valence-corrected chi connectivity index (χ3v) is 4.99. The van der Waals surface area contributed by atoms with Crippen LogP contribution in [0.4, 0.5) is 5.69 Å². The maximum absolute atomic E-state index is 12.1. The lowest BCUT2D eigenvalue weighted by molar-refractivity contribution is -0.113. The van der Waals surface area contributed by atoms with Gasteiger partial charge in [0, 0.05) is 25.1 Å². The molecule has 2 aromatic carbocycles. The van der Waals surface area contributed by atoms with Crippen molar-refractivity contribution in [1.29, 1.82) is 5.26 Å². The molecule has 0 radical (unpaired) electrons. The minimum atomic E-state index is -0.294. The lowest BCUT2D eigenvalue weighted by Gasteiger charge is -2.09. The van der Waals surface area contributed by atoms with Crippen LogP contribution < -0.4 is 10.6 Å². The molecule has 0 saturated carbocycles. The van der Waals surface area contributed by atoms with E-state index in [9.17, 15) is 9.59 Å². The van der Waals surface area contributed by atoms with Crippen molar-refractivity contribution in [3.63, 3.8) is 0 Å². The number of ether oxygens (including phenoxy) is 1. The Morgan fingerprint density at radius 1 is 1.21 bits per heavy atom. The van der Waals surface area contributed by atoms with E-state index < -0.39 is 0 Å². The molecular formula is C20H20ClN3O3S. The van der Waals surface area contributed by atoms with E-state index >= 15 is 0 Å². The maximum Gasteiger partial charge on any atom is 0.252 e. The summed E-state index contributed by atoms with van der Waals surface area (Å²) in [5.74, 6) is 0.488. The quantitative estimate of drug-likeness (QED) is 0.609. The molecular weight excluding hydrogens is 398 g/mol. The molecule has 0 unspecified atom stereocenters. The molecule has 0 aliphatic carbocycles. The first-order valence-corrected chi connectivity index (χ1v) is 10.00. The second-order valence-electron chi connectivity index (χ2n) is 5.79. The van der Waals surface area contributed by atoms with Gasteiger partial charge in [0.05, 0.1) is 34.6 Å². The number of anilines is 1. The molecule has 2 amide bonds. The van der Waals surface area contributed by atoms with Gasteiger partial charge in [-0.3, -0.25) is 9.59 Å². The number of rotatable bonds is 9. The van der Waals surface area contributed by atoms with E-state index in [0.717, 1.165) is 5.56 Å². The van der Waals surface area contributed by atoms with Crippen LogP contribution in [0.3, 0.4) is 0 Å². The third-order valence-electron chi connectivity index (χ3n) is 3.67. The van der Waals surface area contributed by atoms with Crippen LogP contribution in [0.2, 0.25) is 5.02 Å². The first-order valence-electron chi connectivity index (χ1n) is 8.47. The second kappa shape index (κ2) is 11.3. The smallest absolute Gasteiger partial charge is 0.252 e. The van der Waals surface area contributed by atoms with Crippen molar-refractivity contribution >= 4 is 40.9 Å². The number of amides is 2. The molecule has 2 aromatic rings. The Hall–Kier alpha value is -2.53. The van der Waals surface area contributed by atoms with Crippen molar-refractivity contribution in [2.24, 2.45) is 0 Å². The number of thioether (sulfide) groups is 1. The molecule has 28 heavy (non-hydrogen) atoms. The highest BCUT2D eigenvalue weighted by Crippen LogP contribution is 2.21. The van der Waals surface area contributed by atoms with Crippen molar-refractivity contribution in [3.05, 3.63) is 64.2 Å². The van der Waals surface area contributed by atoms with Crippen LogP contribution in [0.15, 0.2) is 42.5 Å². The standard InChI is InChI=1S/C20H20ClN3O3S/c1-27-9-8-23-20(26)17-7-6-16(10-18(17)21)24-19(25)13-28-12-15-4-2-14(11-22)3-5-15/h2-7,10H,8-9,12-13H2,1H3,(H,23,26)(H,24,25). The van der Waals surface area contributed by atoms with Crippen molar-refractivity contribution in [3.8, 4) is 6.07 Å². The van der Waals surface area contributed by atoms with Gasteiger partial charge >= 0.3 is 0 Å². The Kier molecular flexibility index (Phi) is 8.82. The van der Waals surface area contributed by atoms with Crippen LogP contribution >= 0.6 is 23.4 Å². The maximum atomic E-state index is 12.1. The van der Waals surface area contributed by atoms with Crippen molar-refractivity contribution in [2.45, 2.75) is 5.75 Å². The predicted octanol–water partition coefficient (Wildman–Crippen LogP) is 3.46. The number of benzene rings is 2. The molecule has 8 heteroatoms. The zero-order valence-electron chi connectivity index (χ0n) is 15.3. The Labute approximate surface area is 173 Å². The Balaban J connectivity index is 1.82. The summed E-state index contributed by atoms with van der Waals surface area (Å²) in [4.78, 5) is 24.1. The summed E-state index contributed by atoms with van der Waals surface area (Å²) in [5.41, 5.74) is 2.52. The molecule has 146 valence electrons. The van der Waals surface area contributed by atoms with Crippen LogP contribution in [-0.2, 0) is 15.3 Å². The van der Waals surface area contributed by atoms with Gasteiger partial charge in [0.15, 0.2) is 0 Å². The summed E-state index contributed by atoms with van der Waals surface area (Å²) in [7, 11) is 1.55. The Morgan fingerprint density at radius 3 is 2.61 bits per heavy atom. The second-order valence-corrected chi connectivity index (χ2v) is 7.19. The molecule has 0 spiro atoms. The average Bonchev–Trinajstić information content (AvgIpc) is 2.68. The molecule has 0 saturated heterocycles. The Morgan fingerprint density at radius 2 is 1.96 bits per heavy atom. The highest BCUT2D eigenvalue weighted by atomic mass is 35.5. The number of nitriles is 1. The molecule has 2 rings (SSSR count). The van der Waals surface area contributed by atoms with Crippen LogP contribution in [0.1, 0.15) is 21.5 Å². The number of nitrogens with zero attached hydrogens (tertiary/aromatic N) is 1. The van der Waals surface area contributed by atoms with E-state index in [0.29, 0.717) is 35.7 Å². The molecule has 0 bridgehead atoms. The normalized spacial score (nSPS) is 10.2. The van der Waals surface area contributed by atoms with Crippen LogP contribution in [0.25, 0.3) is 0 Å². The van der Waals surface area contributed by atoms with Gasteiger partial charge in [0.25, 0.3) is 5.91 Å². The van der Waals surface area contributed by atoms with Crippen molar-refractivity contribution in [2.75, 3.05) is 31.3 Å². The summed E-state index contributed by atoms with van der Waals surface area (Å²) < 4.78 is 4.88. The van der Waals surface area contributed by atoms with E-state index in [-0.39, 0.29) is 22.6 Å². The van der Waals surface area contributed by atoms with E-state index in [4.69, 9.17) is 21.6 Å². The first-order chi connectivity index (χ1) is 13.5. The number of methoxy groups -OCH3 is 1. The fourth-order valence-electron chi connectivity index (χ4n) is 2.27. The number of carbonyl (C=O) groups excluding carboxylic acids is 2. The van der Waals surface area contributed by atoms with Crippen LogP contribution in [0.5, 0.6) is 0 Å². The SMILES string of the molecule is COCCNC(=O)c1ccc(NC(=O)CSCc2ccc(C#N)cc2)cc1Cl. The van der Waals surface area contributed by atoms with Gasteiger partial charge in [0.1, 0.15) is 0 Å². The Bertz CT molecular complexity index is 866. The molecule has 0 aliphatic heterocycles. The highest BCUT2D eigenvalue weighted by molar-refractivity contribution is 7.99. The molecule has 0 aromatic heterocycles. The average molecular weight is 418 g/mol. The summed E-state index contributed by atoms with van der Waals surface area (Å²) in [6, 6.07) is 14.1. The topological polar surface area (TPSA) is 91.2 Å². The molecule has 0 atom stereocenters. The summed E-state index contributed by atoms with van der Waals surface area (Å²) in [6.07, 6.45) is 0. The highest BCUT2D eigenvalue weighted by Gasteiger charge is 2.11. The third kappa shape index (κ3) is 6.89. The van der Waals surface area contributed by atoms with Gasteiger partial charge in [-0.1, -0.05) is 23.7 Å². The molecule has 0 aliphatic rings. The van der Waals surface area contributed by atoms with E-state index in [1.807, 2.05) is 12.1 Å². The molecule has 0 fully saturated rings. The van der Waals surface area contributed by atoms with Gasteiger partial charge in [0.2, 0.25) is 5.91 Å². The minimum absolute atomic E-state index is 0.160. The zero-order valence-corrected chi connectivity index (χ0v) is 16.9. The number of carbonyl (C=O) groups is 2. The molecule has 6 nitrogen and oxygen atoms in total. The van der Waals surface area contributed by atoms with E-state index in [1.165, 1.54) is 11.8 Å². The van der Waals surface area contributed by atoms with Crippen LogP contribution in [0, 0.1) is 11.3 Å². The van der Waals surface area contributed by atoms with E-state index in [2.05, 4.69) is 16.7 Å². The van der Waals surface area contributed by atoms with Gasteiger partial charge in [-0.15, -0.1) is 11.8 Å². The summed E-state index contributed by atoms with van der Waals surface area (Å²) in [5, 5.41) is 14.5. The van der Waals surface area contributed by atoms with Crippen molar-refractivity contribution in [1.82, 2.24) is 5.32 Å². The molecule has 0 heterocycles. The lowest BCUT2D eigenvalue weighted by atomic mass is 10.2. The zero-order chi connectivity index (χ0) is 20.4. The molecule has 2 N–H and O–H groups in total. The number of halogens is 1. The number of nitrogens with one attached hydrogen (secondary N) is 2.